The van der Waals surface area contributed by atoms with Gasteiger partial charge in [-0.2, -0.15) is 0 Å². The van der Waals surface area contributed by atoms with Crippen LogP contribution in [0.1, 0.15) is 17.3 Å². The number of carbonyl (C=O) groups is 2. The number of rotatable bonds is 8. The summed E-state index contributed by atoms with van der Waals surface area (Å²) in [5.41, 5.74) is 0.158. The van der Waals surface area contributed by atoms with Crippen molar-refractivity contribution in [1.29, 1.82) is 0 Å². The molecule has 8 nitrogen and oxygen atoms in total. The average Bonchev–Trinajstić information content (AvgIpc) is 3.22. The van der Waals surface area contributed by atoms with E-state index in [1.807, 2.05) is 0 Å². The van der Waals surface area contributed by atoms with E-state index in [2.05, 4.69) is 15.0 Å². The Labute approximate surface area is 186 Å². The monoisotopic (exact) mass is 481 g/mol. The fraction of sp³-hybridized carbons (Fsp3) is 0.150. The van der Waals surface area contributed by atoms with Crippen LogP contribution in [-0.2, 0) is 19.6 Å². The molecule has 0 saturated carbocycles. The van der Waals surface area contributed by atoms with Crippen LogP contribution in [0.15, 0.2) is 52.7 Å². The molecule has 0 aliphatic rings. The molecule has 2 aromatic carbocycles. The van der Waals surface area contributed by atoms with E-state index < -0.39 is 40.1 Å². The quantitative estimate of drug-likeness (QED) is 0.478. The van der Waals surface area contributed by atoms with E-state index >= 15 is 0 Å². The third-order valence-corrected chi connectivity index (χ3v) is 6.34. The number of anilines is 1. The molecule has 12 heteroatoms. The van der Waals surface area contributed by atoms with E-state index in [4.69, 9.17) is 4.74 Å². The number of benzene rings is 2. The number of ether oxygens (including phenoxy) is 1. The Morgan fingerprint density at radius 1 is 1.12 bits per heavy atom. The molecule has 0 bridgehead atoms. The fourth-order valence-electron chi connectivity index (χ4n) is 2.56. The molecule has 2 N–H and O–H groups in total. The Bertz CT molecular complexity index is 1240. The van der Waals surface area contributed by atoms with Gasteiger partial charge in [-0.15, -0.1) is 11.3 Å². The molecule has 32 heavy (non-hydrogen) atoms. The van der Waals surface area contributed by atoms with E-state index in [0.717, 1.165) is 29.5 Å². The minimum absolute atomic E-state index is 0.0112. The Kier molecular flexibility index (Phi) is 7.28. The number of sulfonamides is 1. The number of hydrogen-bond donors (Lipinski definition) is 2. The van der Waals surface area contributed by atoms with E-state index in [1.54, 1.807) is 6.92 Å². The summed E-state index contributed by atoms with van der Waals surface area (Å²) < 4.78 is 58.2. The largest absolute Gasteiger partial charge is 0.452 e. The first-order valence-electron chi connectivity index (χ1n) is 9.17. The van der Waals surface area contributed by atoms with Gasteiger partial charge < -0.3 is 4.74 Å². The van der Waals surface area contributed by atoms with Crippen LogP contribution >= 0.6 is 11.3 Å². The van der Waals surface area contributed by atoms with Gasteiger partial charge in [0.25, 0.3) is 5.91 Å². The van der Waals surface area contributed by atoms with Gasteiger partial charge in [-0.3, -0.25) is 10.1 Å². The molecular weight excluding hydrogens is 464 g/mol. The molecule has 1 amide bonds. The van der Waals surface area contributed by atoms with Crippen LogP contribution in [0, 0.1) is 11.6 Å². The molecule has 0 unspecified atom stereocenters. The van der Waals surface area contributed by atoms with Gasteiger partial charge in [0.2, 0.25) is 10.0 Å². The van der Waals surface area contributed by atoms with Crippen molar-refractivity contribution < 1.29 is 31.5 Å². The van der Waals surface area contributed by atoms with E-state index in [1.165, 1.54) is 29.6 Å². The molecule has 0 aliphatic heterocycles. The van der Waals surface area contributed by atoms with Crippen molar-refractivity contribution in [2.75, 3.05) is 18.5 Å². The second-order valence-electron chi connectivity index (χ2n) is 6.31. The van der Waals surface area contributed by atoms with Crippen molar-refractivity contribution in [3.8, 4) is 11.3 Å². The van der Waals surface area contributed by atoms with Crippen molar-refractivity contribution >= 4 is 38.4 Å². The molecule has 0 radical (unpaired) electrons. The maximum absolute atomic E-state index is 13.8. The molecule has 3 aromatic rings. The van der Waals surface area contributed by atoms with Crippen LogP contribution in [-0.4, -0.2) is 38.4 Å². The minimum Gasteiger partial charge on any atom is -0.452 e. The predicted octanol–water partition coefficient (Wildman–Crippen LogP) is 3.18. The number of nitrogens with one attached hydrogen (secondary N) is 2. The summed E-state index contributed by atoms with van der Waals surface area (Å²) in [6.07, 6.45) is 0. The summed E-state index contributed by atoms with van der Waals surface area (Å²) in [6.45, 7) is 1.24. The lowest BCUT2D eigenvalue weighted by Crippen LogP contribution is -2.23. The minimum atomic E-state index is -3.65. The summed E-state index contributed by atoms with van der Waals surface area (Å²) in [5.74, 6) is -2.80. The van der Waals surface area contributed by atoms with Crippen molar-refractivity contribution in [2.45, 2.75) is 11.8 Å². The fourth-order valence-corrected chi connectivity index (χ4v) is 4.33. The molecule has 168 valence electrons. The molecule has 0 atom stereocenters. The molecule has 1 heterocycles. The second kappa shape index (κ2) is 9.94. The van der Waals surface area contributed by atoms with Crippen LogP contribution in [0.2, 0.25) is 0 Å². The Hall–Kier alpha value is -3.22. The van der Waals surface area contributed by atoms with Gasteiger partial charge in [0.15, 0.2) is 11.7 Å². The molecular formula is C20H17F2N3O5S2. The first-order chi connectivity index (χ1) is 15.2. The average molecular weight is 482 g/mol. The molecule has 0 aliphatic carbocycles. The lowest BCUT2D eigenvalue weighted by Gasteiger charge is -2.07. The van der Waals surface area contributed by atoms with E-state index in [0.29, 0.717) is 0 Å². The number of thiazole rings is 1. The first kappa shape index (κ1) is 23.4. The summed E-state index contributed by atoms with van der Waals surface area (Å²) in [5, 5.41) is 3.96. The van der Waals surface area contributed by atoms with Crippen LogP contribution in [0.25, 0.3) is 11.3 Å². The van der Waals surface area contributed by atoms with Gasteiger partial charge in [0, 0.05) is 17.5 Å². The second-order valence-corrected chi connectivity index (χ2v) is 8.94. The number of carbonyl (C=O) groups excluding carboxylic acids is 2. The molecule has 0 saturated heterocycles. The SMILES string of the molecule is CCNS(=O)(=O)c1ccc(C(=O)OCC(=O)Nc2nc(-c3cc(F)ccc3F)cs2)cc1. The van der Waals surface area contributed by atoms with Crippen LogP contribution < -0.4 is 10.0 Å². The molecule has 1 aromatic heterocycles. The van der Waals surface area contributed by atoms with Gasteiger partial charge in [0.1, 0.15) is 11.6 Å². The normalized spacial score (nSPS) is 11.2. The summed E-state index contributed by atoms with van der Waals surface area (Å²) in [7, 11) is -3.65. The Morgan fingerprint density at radius 2 is 1.84 bits per heavy atom. The smallest absolute Gasteiger partial charge is 0.338 e. The Morgan fingerprint density at radius 3 is 2.53 bits per heavy atom. The number of aromatic nitrogens is 1. The lowest BCUT2D eigenvalue weighted by atomic mass is 10.1. The van der Waals surface area contributed by atoms with Crippen molar-refractivity contribution in [1.82, 2.24) is 9.71 Å². The summed E-state index contributed by atoms with van der Waals surface area (Å²) in [6, 6.07) is 7.98. The van der Waals surface area contributed by atoms with Gasteiger partial charge in [0.05, 0.1) is 16.2 Å². The zero-order valence-corrected chi connectivity index (χ0v) is 18.2. The zero-order valence-electron chi connectivity index (χ0n) is 16.6. The number of esters is 1. The van der Waals surface area contributed by atoms with Gasteiger partial charge in [-0.25, -0.2) is 31.7 Å². The summed E-state index contributed by atoms with van der Waals surface area (Å²) >= 11 is 0.990. The van der Waals surface area contributed by atoms with Crippen LogP contribution in [0.4, 0.5) is 13.9 Å². The highest BCUT2D eigenvalue weighted by atomic mass is 32.2. The predicted molar refractivity (Wildman–Crippen MR) is 114 cm³/mol. The van der Waals surface area contributed by atoms with E-state index in [-0.39, 0.29) is 33.4 Å². The number of halogens is 2. The van der Waals surface area contributed by atoms with Gasteiger partial charge in [-0.1, -0.05) is 6.92 Å². The molecule has 0 spiro atoms. The zero-order chi connectivity index (χ0) is 23.3. The van der Waals surface area contributed by atoms with Crippen LogP contribution in [0.5, 0.6) is 0 Å². The topological polar surface area (TPSA) is 114 Å². The number of hydrogen-bond acceptors (Lipinski definition) is 7. The standard InChI is InChI=1S/C20H17F2N3O5S2/c1-2-23-32(28,29)14-6-3-12(4-7-14)19(27)30-10-18(26)25-20-24-17(11-31-20)15-9-13(21)5-8-16(15)22/h3-9,11,23H,2,10H2,1H3,(H,24,25,26). The third-order valence-electron chi connectivity index (χ3n) is 4.02. The van der Waals surface area contributed by atoms with E-state index in [9.17, 15) is 26.8 Å². The van der Waals surface area contributed by atoms with Crippen molar-refractivity contribution in [2.24, 2.45) is 0 Å². The first-order valence-corrected chi connectivity index (χ1v) is 11.5. The lowest BCUT2D eigenvalue weighted by molar-refractivity contribution is -0.119. The Balaban J connectivity index is 1.57. The maximum atomic E-state index is 13.8. The molecule has 3 rings (SSSR count). The van der Waals surface area contributed by atoms with Crippen molar-refractivity contribution in [3.05, 3.63) is 65.0 Å². The highest BCUT2D eigenvalue weighted by Crippen LogP contribution is 2.27. The highest BCUT2D eigenvalue weighted by Gasteiger charge is 2.16. The number of nitrogens with zero attached hydrogens (tertiary/aromatic N) is 1. The molecule has 0 fully saturated rings. The van der Waals surface area contributed by atoms with Crippen LogP contribution in [0.3, 0.4) is 0 Å². The van der Waals surface area contributed by atoms with Crippen molar-refractivity contribution in [3.63, 3.8) is 0 Å². The van der Waals surface area contributed by atoms with Gasteiger partial charge >= 0.3 is 5.97 Å². The maximum Gasteiger partial charge on any atom is 0.338 e. The highest BCUT2D eigenvalue weighted by molar-refractivity contribution is 7.89. The number of amides is 1. The third kappa shape index (κ3) is 5.72. The van der Waals surface area contributed by atoms with Gasteiger partial charge in [-0.05, 0) is 42.5 Å². The summed E-state index contributed by atoms with van der Waals surface area (Å²) in [4.78, 5) is 28.1.